The van der Waals surface area contributed by atoms with Crippen molar-refractivity contribution in [3.63, 3.8) is 0 Å². The summed E-state index contributed by atoms with van der Waals surface area (Å²) >= 11 is 1.49. The van der Waals surface area contributed by atoms with Crippen LogP contribution in [0.4, 0.5) is 5.00 Å². The van der Waals surface area contributed by atoms with Gasteiger partial charge in [0, 0.05) is 24.2 Å². The molecule has 0 aromatic carbocycles. The van der Waals surface area contributed by atoms with Crippen molar-refractivity contribution in [2.75, 3.05) is 25.0 Å². The number of nitriles is 2. The predicted molar refractivity (Wildman–Crippen MR) is 92.5 cm³/mol. The summed E-state index contributed by atoms with van der Waals surface area (Å²) in [7, 11) is 0. The number of nitrogens with zero attached hydrogens (tertiary/aromatic N) is 3. The lowest BCUT2D eigenvalue weighted by molar-refractivity contribution is 0.0526. The lowest BCUT2D eigenvalue weighted by Gasteiger charge is -2.26. The standard InChI is InChI=1S/C17H20N4O2S/c1-3-6-21-7-5-13-14(11-21)24-16(15(13)17(22)23-4-2)20-10-12(8-18)9-19/h10,20H,3-7,11H2,1-2H3. The number of nitrogens with one attached hydrogen (secondary N) is 1. The van der Waals surface area contributed by atoms with Gasteiger partial charge in [0.25, 0.3) is 0 Å². The highest BCUT2D eigenvalue weighted by atomic mass is 32.1. The summed E-state index contributed by atoms with van der Waals surface area (Å²) in [4.78, 5) is 15.9. The van der Waals surface area contributed by atoms with Crippen LogP contribution in [0.2, 0.25) is 0 Å². The van der Waals surface area contributed by atoms with Gasteiger partial charge in [0.05, 0.1) is 12.2 Å². The lowest BCUT2D eigenvalue weighted by atomic mass is 10.0. The Bertz CT molecular complexity index is 708. The molecular formula is C17H20N4O2S. The Morgan fingerprint density at radius 3 is 2.79 bits per heavy atom. The SMILES string of the molecule is CCCN1CCc2c(sc(NC=C(C#N)C#N)c2C(=O)OCC)C1. The molecule has 1 aliphatic heterocycles. The third kappa shape index (κ3) is 3.94. The second kappa shape index (κ2) is 8.49. The molecule has 0 saturated heterocycles. The van der Waals surface area contributed by atoms with Crippen LogP contribution >= 0.6 is 11.3 Å². The number of fused-ring (bicyclic) bond motifs is 1. The average Bonchev–Trinajstić information content (AvgIpc) is 2.94. The third-order valence-corrected chi connectivity index (χ3v) is 4.89. The lowest BCUT2D eigenvalue weighted by Crippen LogP contribution is -2.30. The molecule has 2 heterocycles. The summed E-state index contributed by atoms with van der Waals surface area (Å²) < 4.78 is 5.19. The van der Waals surface area contributed by atoms with E-state index in [9.17, 15) is 4.79 Å². The summed E-state index contributed by atoms with van der Waals surface area (Å²) in [6, 6.07) is 3.60. The van der Waals surface area contributed by atoms with E-state index >= 15 is 0 Å². The minimum absolute atomic E-state index is 0.0382. The van der Waals surface area contributed by atoms with Crippen LogP contribution in [0.1, 0.15) is 41.1 Å². The summed E-state index contributed by atoms with van der Waals surface area (Å²) in [5.74, 6) is -0.356. The van der Waals surface area contributed by atoms with Crippen LogP contribution in [-0.4, -0.2) is 30.6 Å². The first kappa shape index (κ1) is 18.0. The van der Waals surface area contributed by atoms with Gasteiger partial charge in [-0.3, -0.25) is 4.90 Å². The number of esters is 1. The Balaban J connectivity index is 2.36. The van der Waals surface area contributed by atoms with Crippen molar-refractivity contribution in [2.45, 2.75) is 33.2 Å². The van der Waals surface area contributed by atoms with E-state index < -0.39 is 0 Å². The zero-order valence-corrected chi connectivity index (χ0v) is 14.7. The first-order chi connectivity index (χ1) is 11.6. The molecule has 6 nitrogen and oxygen atoms in total. The van der Waals surface area contributed by atoms with Crippen LogP contribution in [0.5, 0.6) is 0 Å². The number of hydrogen-bond acceptors (Lipinski definition) is 7. The summed E-state index contributed by atoms with van der Waals surface area (Å²) in [6.45, 7) is 6.99. The van der Waals surface area contributed by atoms with Gasteiger partial charge in [0.15, 0.2) is 0 Å². The molecule has 7 heteroatoms. The van der Waals surface area contributed by atoms with E-state index in [4.69, 9.17) is 15.3 Å². The number of carbonyl (C=O) groups is 1. The second-order valence-corrected chi connectivity index (χ2v) is 6.49. The van der Waals surface area contributed by atoms with Crippen molar-refractivity contribution in [3.8, 4) is 12.1 Å². The van der Waals surface area contributed by atoms with Gasteiger partial charge in [-0.25, -0.2) is 4.79 Å². The topological polar surface area (TPSA) is 89.2 Å². The fourth-order valence-electron chi connectivity index (χ4n) is 2.71. The number of hydrogen-bond donors (Lipinski definition) is 1. The maximum absolute atomic E-state index is 12.4. The van der Waals surface area contributed by atoms with Crippen molar-refractivity contribution in [3.05, 3.63) is 27.8 Å². The maximum atomic E-state index is 12.4. The van der Waals surface area contributed by atoms with E-state index in [-0.39, 0.29) is 11.5 Å². The largest absolute Gasteiger partial charge is 0.462 e. The highest BCUT2D eigenvalue weighted by Gasteiger charge is 2.28. The van der Waals surface area contributed by atoms with Crippen LogP contribution in [0.25, 0.3) is 0 Å². The van der Waals surface area contributed by atoms with Crippen molar-refractivity contribution in [1.82, 2.24) is 4.90 Å². The molecule has 126 valence electrons. The van der Waals surface area contributed by atoms with Crippen molar-refractivity contribution in [1.29, 1.82) is 10.5 Å². The fraction of sp³-hybridized carbons (Fsp3) is 0.471. The van der Waals surface area contributed by atoms with Gasteiger partial charge in [-0.1, -0.05) is 6.92 Å². The number of thiophene rings is 1. The van der Waals surface area contributed by atoms with Crippen molar-refractivity contribution < 1.29 is 9.53 Å². The molecule has 2 rings (SSSR count). The monoisotopic (exact) mass is 344 g/mol. The molecule has 0 unspecified atom stereocenters. The van der Waals surface area contributed by atoms with Gasteiger partial charge in [-0.2, -0.15) is 10.5 Å². The highest BCUT2D eigenvalue weighted by molar-refractivity contribution is 7.16. The number of rotatable bonds is 6. The molecule has 0 atom stereocenters. The van der Waals surface area contributed by atoms with Gasteiger partial charge in [0.1, 0.15) is 22.7 Å². The van der Waals surface area contributed by atoms with Crippen LogP contribution < -0.4 is 5.32 Å². The van der Waals surface area contributed by atoms with Crippen LogP contribution in [0.3, 0.4) is 0 Å². The number of carbonyl (C=O) groups excluding carboxylic acids is 1. The Labute approximate surface area is 145 Å². The Morgan fingerprint density at radius 2 is 2.17 bits per heavy atom. The zero-order chi connectivity index (χ0) is 17.5. The molecule has 0 bridgehead atoms. The normalized spacial score (nSPS) is 13.3. The van der Waals surface area contributed by atoms with Gasteiger partial charge in [-0.15, -0.1) is 11.3 Å². The summed E-state index contributed by atoms with van der Waals surface area (Å²) in [5.41, 5.74) is 1.53. The smallest absolute Gasteiger partial charge is 0.341 e. The molecule has 1 aromatic rings. The molecule has 0 radical (unpaired) electrons. The molecule has 1 aromatic heterocycles. The Hall–Kier alpha value is -2.35. The maximum Gasteiger partial charge on any atom is 0.341 e. The van der Waals surface area contributed by atoms with E-state index in [2.05, 4.69) is 17.1 Å². The molecule has 0 saturated carbocycles. The van der Waals surface area contributed by atoms with Gasteiger partial charge in [0.2, 0.25) is 0 Å². The van der Waals surface area contributed by atoms with Crippen molar-refractivity contribution >= 4 is 22.3 Å². The van der Waals surface area contributed by atoms with E-state index in [0.29, 0.717) is 17.2 Å². The molecule has 0 fully saturated rings. The van der Waals surface area contributed by atoms with Crippen molar-refractivity contribution in [2.24, 2.45) is 0 Å². The number of ether oxygens (including phenoxy) is 1. The molecule has 1 aliphatic rings. The summed E-state index contributed by atoms with van der Waals surface area (Å²) in [6.07, 6.45) is 3.23. The average molecular weight is 344 g/mol. The molecule has 1 N–H and O–H groups in total. The van der Waals surface area contributed by atoms with E-state index in [1.165, 1.54) is 17.5 Å². The molecular weight excluding hydrogens is 324 g/mol. The predicted octanol–water partition coefficient (Wildman–Crippen LogP) is 3.04. The quantitative estimate of drug-likeness (QED) is 0.630. The first-order valence-corrected chi connectivity index (χ1v) is 8.77. The fourth-order valence-corrected chi connectivity index (χ4v) is 3.96. The van der Waals surface area contributed by atoms with E-state index in [1.54, 1.807) is 19.1 Å². The van der Waals surface area contributed by atoms with Gasteiger partial charge < -0.3 is 10.1 Å². The molecule has 24 heavy (non-hydrogen) atoms. The van der Waals surface area contributed by atoms with Crippen LogP contribution in [-0.2, 0) is 17.7 Å². The Morgan fingerprint density at radius 1 is 1.42 bits per heavy atom. The zero-order valence-electron chi connectivity index (χ0n) is 13.9. The molecule has 0 aliphatic carbocycles. The first-order valence-electron chi connectivity index (χ1n) is 7.95. The number of anilines is 1. The molecule has 0 spiro atoms. The molecule has 0 amide bonds. The number of allylic oxidation sites excluding steroid dienone is 1. The highest BCUT2D eigenvalue weighted by Crippen LogP contribution is 2.37. The van der Waals surface area contributed by atoms with Gasteiger partial charge in [-0.05, 0) is 31.9 Å². The van der Waals surface area contributed by atoms with Gasteiger partial charge >= 0.3 is 5.97 Å². The second-order valence-electron chi connectivity index (χ2n) is 5.38. The minimum atomic E-state index is -0.356. The van der Waals surface area contributed by atoms with Crippen LogP contribution in [0.15, 0.2) is 11.8 Å². The van der Waals surface area contributed by atoms with E-state index in [1.807, 2.05) is 0 Å². The minimum Gasteiger partial charge on any atom is -0.462 e. The van der Waals surface area contributed by atoms with E-state index in [0.717, 1.165) is 42.9 Å². The third-order valence-electron chi connectivity index (χ3n) is 3.74. The summed E-state index contributed by atoms with van der Waals surface area (Å²) in [5, 5.41) is 21.3. The Kier molecular flexibility index (Phi) is 6.36. The van der Waals surface area contributed by atoms with Crippen LogP contribution in [0, 0.1) is 22.7 Å².